The lowest BCUT2D eigenvalue weighted by atomic mass is 10.1. The van der Waals surface area contributed by atoms with Crippen LogP contribution in [0.4, 0.5) is 0 Å². The van der Waals surface area contributed by atoms with E-state index in [0.29, 0.717) is 5.56 Å². The van der Waals surface area contributed by atoms with Crippen molar-refractivity contribution >= 4 is 29.1 Å². The van der Waals surface area contributed by atoms with Crippen LogP contribution in [0.5, 0.6) is 0 Å². The first kappa shape index (κ1) is 14.9. The molecule has 0 spiro atoms. The van der Waals surface area contributed by atoms with Gasteiger partial charge in [0, 0.05) is 11.8 Å². The number of carbonyl (C=O) groups is 1. The zero-order valence-corrected chi connectivity index (χ0v) is 12.8. The molecule has 0 bridgehead atoms. The molecule has 2 aromatic rings. The molecule has 4 nitrogen and oxygen atoms in total. The van der Waals surface area contributed by atoms with Crippen molar-refractivity contribution in [1.82, 2.24) is 10.3 Å². The van der Waals surface area contributed by atoms with Gasteiger partial charge in [0.1, 0.15) is 16.7 Å². The van der Waals surface area contributed by atoms with Gasteiger partial charge in [-0.2, -0.15) is 0 Å². The van der Waals surface area contributed by atoms with E-state index < -0.39 is 0 Å². The number of carbonyl (C=O) groups excluding carboxylic acids is 1. The number of halogens is 2. The molecule has 6 heteroatoms. The van der Waals surface area contributed by atoms with Gasteiger partial charge in [0.15, 0.2) is 0 Å². The van der Waals surface area contributed by atoms with Gasteiger partial charge in [-0.1, -0.05) is 23.2 Å². The van der Waals surface area contributed by atoms with Crippen LogP contribution in [-0.2, 0) is 0 Å². The van der Waals surface area contributed by atoms with E-state index in [1.807, 2.05) is 26.8 Å². The van der Waals surface area contributed by atoms with Crippen molar-refractivity contribution in [2.24, 2.45) is 0 Å². The molecular formula is C14H14Cl2N2O2. The van der Waals surface area contributed by atoms with E-state index in [1.54, 1.807) is 0 Å². The van der Waals surface area contributed by atoms with E-state index in [4.69, 9.17) is 27.6 Å². The highest BCUT2D eigenvalue weighted by Crippen LogP contribution is 2.23. The highest BCUT2D eigenvalue weighted by Gasteiger charge is 2.16. The number of nitrogens with zero attached hydrogens (tertiary/aromatic N) is 1. The molecule has 106 valence electrons. The number of hydrogen-bond donors (Lipinski definition) is 1. The van der Waals surface area contributed by atoms with Crippen molar-refractivity contribution in [3.05, 3.63) is 51.2 Å². The lowest BCUT2D eigenvalue weighted by Gasteiger charge is -2.13. The SMILES string of the molecule is Cc1cc(C(C)NC(=O)c2cnc(Cl)c(Cl)c2)c(C)o1. The fourth-order valence-electron chi connectivity index (χ4n) is 1.98. The summed E-state index contributed by atoms with van der Waals surface area (Å²) < 4.78 is 5.46. The van der Waals surface area contributed by atoms with Gasteiger partial charge in [-0.25, -0.2) is 4.98 Å². The van der Waals surface area contributed by atoms with E-state index in [1.165, 1.54) is 12.3 Å². The third-order valence-electron chi connectivity index (χ3n) is 2.95. The number of aryl methyl sites for hydroxylation is 2. The zero-order chi connectivity index (χ0) is 14.9. The van der Waals surface area contributed by atoms with Gasteiger partial charge >= 0.3 is 0 Å². The van der Waals surface area contributed by atoms with Crippen molar-refractivity contribution in [2.45, 2.75) is 26.8 Å². The van der Waals surface area contributed by atoms with Crippen LogP contribution >= 0.6 is 23.2 Å². The first-order chi connectivity index (χ1) is 9.38. The lowest BCUT2D eigenvalue weighted by Crippen LogP contribution is -2.26. The summed E-state index contributed by atoms with van der Waals surface area (Å²) in [6.07, 6.45) is 1.39. The van der Waals surface area contributed by atoms with Crippen molar-refractivity contribution in [1.29, 1.82) is 0 Å². The number of furan rings is 1. The first-order valence-electron chi connectivity index (χ1n) is 6.07. The minimum atomic E-state index is -0.262. The summed E-state index contributed by atoms with van der Waals surface area (Å²) in [5.41, 5.74) is 1.31. The molecular weight excluding hydrogens is 299 g/mol. The van der Waals surface area contributed by atoms with Crippen LogP contribution in [0.2, 0.25) is 10.2 Å². The molecule has 2 aromatic heterocycles. The third kappa shape index (κ3) is 3.14. The fraction of sp³-hybridized carbons (Fsp3) is 0.286. The second-order valence-electron chi connectivity index (χ2n) is 4.56. The number of pyridine rings is 1. The molecule has 1 N–H and O–H groups in total. The standard InChI is InChI=1S/C14H14Cl2N2O2/c1-7-4-11(9(3)20-7)8(2)18-14(19)10-5-12(15)13(16)17-6-10/h4-6,8H,1-3H3,(H,18,19). The topological polar surface area (TPSA) is 55.1 Å². The highest BCUT2D eigenvalue weighted by atomic mass is 35.5. The molecule has 1 amide bonds. The molecule has 0 aliphatic heterocycles. The zero-order valence-electron chi connectivity index (χ0n) is 11.3. The molecule has 2 rings (SSSR count). The summed E-state index contributed by atoms with van der Waals surface area (Å²) in [5.74, 6) is 1.35. The Bertz CT molecular complexity index is 653. The summed E-state index contributed by atoms with van der Waals surface area (Å²) in [6.45, 7) is 5.62. The third-order valence-corrected chi connectivity index (χ3v) is 3.64. The molecule has 20 heavy (non-hydrogen) atoms. The molecule has 0 saturated heterocycles. The van der Waals surface area contributed by atoms with E-state index in [0.717, 1.165) is 17.1 Å². The molecule has 0 radical (unpaired) electrons. The summed E-state index contributed by atoms with van der Waals surface area (Å²) in [5, 5.41) is 3.30. The largest absolute Gasteiger partial charge is 0.466 e. The van der Waals surface area contributed by atoms with Gasteiger partial charge < -0.3 is 9.73 Å². The summed E-state index contributed by atoms with van der Waals surface area (Å²) in [4.78, 5) is 16.0. The number of rotatable bonds is 3. The molecule has 0 aliphatic carbocycles. The van der Waals surface area contributed by atoms with E-state index in [-0.39, 0.29) is 22.1 Å². The maximum Gasteiger partial charge on any atom is 0.253 e. The Morgan fingerprint density at radius 1 is 1.35 bits per heavy atom. The normalized spacial score (nSPS) is 12.2. The predicted octanol–water partition coefficient (Wildman–Crippen LogP) is 4.09. The molecule has 2 heterocycles. The van der Waals surface area contributed by atoms with Crippen molar-refractivity contribution in [2.75, 3.05) is 0 Å². The summed E-state index contributed by atoms with van der Waals surface area (Å²) in [7, 11) is 0. The van der Waals surface area contributed by atoms with Crippen molar-refractivity contribution in [3.63, 3.8) is 0 Å². The van der Waals surface area contributed by atoms with Gasteiger partial charge in [0.05, 0.1) is 16.6 Å². The van der Waals surface area contributed by atoms with Crippen molar-refractivity contribution in [3.8, 4) is 0 Å². The molecule has 0 aromatic carbocycles. The van der Waals surface area contributed by atoms with Crippen LogP contribution in [0, 0.1) is 13.8 Å². The minimum Gasteiger partial charge on any atom is -0.466 e. The Morgan fingerprint density at radius 2 is 2.05 bits per heavy atom. The Balaban J connectivity index is 2.15. The van der Waals surface area contributed by atoms with Crippen LogP contribution in [0.3, 0.4) is 0 Å². The van der Waals surface area contributed by atoms with Crippen LogP contribution in [0.15, 0.2) is 22.7 Å². The number of nitrogens with one attached hydrogen (secondary N) is 1. The second kappa shape index (κ2) is 5.85. The summed E-state index contributed by atoms with van der Waals surface area (Å²) >= 11 is 11.6. The maximum absolute atomic E-state index is 12.1. The second-order valence-corrected chi connectivity index (χ2v) is 5.33. The van der Waals surface area contributed by atoms with E-state index >= 15 is 0 Å². The summed E-state index contributed by atoms with van der Waals surface area (Å²) in [6, 6.07) is 3.23. The quantitative estimate of drug-likeness (QED) is 0.868. The predicted molar refractivity (Wildman–Crippen MR) is 78.3 cm³/mol. The van der Waals surface area contributed by atoms with Crippen LogP contribution < -0.4 is 5.32 Å². The van der Waals surface area contributed by atoms with Gasteiger partial charge in [-0.15, -0.1) is 0 Å². The Labute approximate surface area is 127 Å². The van der Waals surface area contributed by atoms with Gasteiger partial charge in [0.25, 0.3) is 5.91 Å². The van der Waals surface area contributed by atoms with Gasteiger partial charge in [-0.3, -0.25) is 4.79 Å². The molecule has 0 fully saturated rings. The highest BCUT2D eigenvalue weighted by molar-refractivity contribution is 6.41. The molecule has 0 saturated carbocycles. The van der Waals surface area contributed by atoms with Gasteiger partial charge in [0.2, 0.25) is 0 Å². The van der Waals surface area contributed by atoms with E-state index in [2.05, 4.69) is 10.3 Å². The Morgan fingerprint density at radius 3 is 2.60 bits per heavy atom. The molecule has 0 aliphatic rings. The average molecular weight is 313 g/mol. The smallest absolute Gasteiger partial charge is 0.253 e. The van der Waals surface area contributed by atoms with Crippen molar-refractivity contribution < 1.29 is 9.21 Å². The number of hydrogen-bond acceptors (Lipinski definition) is 3. The average Bonchev–Trinajstić information content (AvgIpc) is 2.71. The lowest BCUT2D eigenvalue weighted by molar-refractivity contribution is 0.0939. The Hall–Kier alpha value is -1.52. The number of amides is 1. The molecule has 1 atom stereocenters. The molecule has 1 unspecified atom stereocenters. The first-order valence-corrected chi connectivity index (χ1v) is 6.83. The van der Waals surface area contributed by atoms with E-state index in [9.17, 15) is 4.79 Å². The van der Waals surface area contributed by atoms with Crippen LogP contribution in [0.1, 0.15) is 40.4 Å². The Kier molecular flexibility index (Phi) is 4.35. The van der Waals surface area contributed by atoms with Crippen LogP contribution in [-0.4, -0.2) is 10.9 Å². The number of aromatic nitrogens is 1. The minimum absolute atomic E-state index is 0.172. The van der Waals surface area contributed by atoms with Gasteiger partial charge in [-0.05, 0) is 32.9 Å². The fourth-order valence-corrected chi connectivity index (χ4v) is 2.25. The monoisotopic (exact) mass is 312 g/mol. The maximum atomic E-state index is 12.1. The van der Waals surface area contributed by atoms with Crippen LogP contribution in [0.25, 0.3) is 0 Å².